The van der Waals surface area contributed by atoms with Gasteiger partial charge in [-0.05, 0) is 32.9 Å². The van der Waals surface area contributed by atoms with Crippen molar-refractivity contribution in [2.45, 2.75) is 26.4 Å². The van der Waals surface area contributed by atoms with Crippen LogP contribution >= 0.6 is 11.6 Å². The molecule has 1 atom stereocenters. The summed E-state index contributed by atoms with van der Waals surface area (Å²) in [6.45, 7) is 5.16. The van der Waals surface area contributed by atoms with E-state index in [0.29, 0.717) is 16.5 Å². The molecule has 2 rings (SSSR count). The summed E-state index contributed by atoms with van der Waals surface area (Å²) in [5, 5.41) is 3.14. The molecule has 108 valence electrons. The number of halogens is 1. The number of hydrogen-bond acceptors (Lipinski definition) is 4. The number of nitrogens with one attached hydrogen (secondary N) is 1. The smallest absolute Gasteiger partial charge is 0.322 e. The van der Waals surface area contributed by atoms with Gasteiger partial charge in [-0.15, -0.1) is 0 Å². The van der Waals surface area contributed by atoms with Gasteiger partial charge in [-0.25, -0.2) is 0 Å². The maximum atomic E-state index is 12.1. The van der Waals surface area contributed by atoms with Crippen molar-refractivity contribution >= 4 is 29.2 Å². The third-order valence-electron chi connectivity index (χ3n) is 2.61. The second-order valence-corrected chi connectivity index (χ2v) is 5.96. The maximum absolute atomic E-state index is 12.1. The zero-order chi connectivity index (χ0) is 14.9. The first-order chi connectivity index (χ1) is 9.26. The van der Waals surface area contributed by atoms with E-state index in [1.807, 2.05) is 0 Å². The molecule has 0 unspecified atom stereocenters. The molecule has 0 bridgehead atoms. The average Bonchev–Trinajstić information content (AvgIpc) is 2.45. The van der Waals surface area contributed by atoms with Crippen LogP contribution in [-0.4, -0.2) is 24.1 Å². The van der Waals surface area contributed by atoms with Crippen LogP contribution in [0.5, 0.6) is 5.75 Å². The molecule has 1 amide bonds. The Labute approximate surface area is 122 Å². The normalized spacial score (nSPS) is 18.4. The number of hydrogen-bond donors (Lipinski definition) is 1. The zero-order valence-corrected chi connectivity index (χ0v) is 12.3. The molecule has 1 aromatic rings. The lowest BCUT2D eigenvalue weighted by Gasteiger charge is -2.22. The third-order valence-corrected chi connectivity index (χ3v) is 2.85. The van der Waals surface area contributed by atoms with Crippen molar-refractivity contribution in [2.24, 2.45) is 5.92 Å². The van der Waals surface area contributed by atoms with E-state index in [1.54, 1.807) is 39.0 Å². The number of carbonyl (C=O) groups excluding carboxylic acids is 2. The Morgan fingerprint density at radius 2 is 2.15 bits per heavy atom. The summed E-state index contributed by atoms with van der Waals surface area (Å²) in [4.78, 5) is 24.1. The molecule has 0 radical (unpaired) electrons. The molecule has 0 saturated heterocycles. The molecule has 0 spiro atoms. The summed E-state index contributed by atoms with van der Waals surface area (Å²) >= 11 is 5.87. The van der Waals surface area contributed by atoms with Crippen LogP contribution in [0.25, 0.3) is 0 Å². The van der Waals surface area contributed by atoms with Crippen LogP contribution in [0.15, 0.2) is 18.2 Å². The van der Waals surface area contributed by atoms with Gasteiger partial charge in [-0.3, -0.25) is 9.59 Å². The molecule has 0 aromatic heterocycles. The highest BCUT2D eigenvalue weighted by molar-refractivity contribution is 6.30. The fraction of sp³-hybridized carbons (Fsp3) is 0.429. The molecule has 6 heteroatoms. The number of ether oxygens (including phenoxy) is 2. The van der Waals surface area contributed by atoms with Gasteiger partial charge in [0.05, 0.1) is 5.69 Å². The summed E-state index contributed by atoms with van der Waals surface area (Å²) in [6.07, 6.45) is 0. The van der Waals surface area contributed by atoms with Gasteiger partial charge in [-0.1, -0.05) is 11.6 Å². The van der Waals surface area contributed by atoms with E-state index in [1.165, 1.54) is 0 Å². The van der Waals surface area contributed by atoms with Crippen molar-refractivity contribution in [1.82, 2.24) is 0 Å². The Balaban J connectivity index is 2.17. The van der Waals surface area contributed by atoms with Crippen LogP contribution in [0.4, 0.5) is 5.69 Å². The molecule has 0 saturated carbocycles. The van der Waals surface area contributed by atoms with Gasteiger partial charge >= 0.3 is 5.97 Å². The first-order valence-electron chi connectivity index (χ1n) is 6.22. The molecule has 20 heavy (non-hydrogen) atoms. The Morgan fingerprint density at radius 3 is 2.80 bits per heavy atom. The summed E-state index contributed by atoms with van der Waals surface area (Å²) in [6, 6.07) is 4.86. The van der Waals surface area contributed by atoms with Crippen LogP contribution in [0.3, 0.4) is 0 Å². The van der Waals surface area contributed by atoms with Crippen LogP contribution in [0, 0.1) is 5.92 Å². The maximum Gasteiger partial charge on any atom is 0.322 e. The van der Waals surface area contributed by atoms with Crippen molar-refractivity contribution < 1.29 is 19.1 Å². The molecule has 1 N–H and O–H groups in total. The van der Waals surface area contributed by atoms with E-state index in [4.69, 9.17) is 21.1 Å². The van der Waals surface area contributed by atoms with Crippen molar-refractivity contribution in [2.75, 3.05) is 11.9 Å². The number of rotatable bonds is 1. The number of fused-ring (bicyclic) bond motifs is 1. The largest absolute Gasteiger partial charge is 0.490 e. The highest BCUT2D eigenvalue weighted by atomic mass is 35.5. The standard InChI is InChI=1S/C14H16ClNO4/c1-14(2,3)20-13(18)9-7-19-11-6-8(15)4-5-10(11)16-12(9)17/h4-6,9H,7H2,1-3H3,(H,16,17)/t9-/m0/s1. The molecule has 1 heterocycles. The van der Waals surface area contributed by atoms with Gasteiger partial charge in [-0.2, -0.15) is 0 Å². The molecule has 1 aliphatic rings. The molecule has 1 aliphatic heterocycles. The fourth-order valence-electron chi connectivity index (χ4n) is 1.74. The lowest BCUT2D eigenvalue weighted by molar-refractivity contribution is -0.162. The van der Waals surface area contributed by atoms with Crippen molar-refractivity contribution in [3.05, 3.63) is 23.2 Å². The molecule has 0 fully saturated rings. The number of esters is 1. The summed E-state index contributed by atoms with van der Waals surface area (Å²) < 4.78 is 10.7. The van der Waals surface area contributed by atoms with E-state index >= 15 is 0 Å². The van der Waals surface area contributed by atoms with Gasteiger partial charge < -0.3 is 14.8 Å². The van der Waals surface area contributed by atoms with Crippen molar-refractivity contribution in [1.29, 1.82) is 0 Å². The zero-order valence-electron chi connectivity index (χ0n) is 11.5. The number of benzene rings is 1. The fourth-order valence-corrected chi connectivity index (χ4v) is 1.90. The molecular formula is C14H16ClNO4. The first kappa shape index (κ1) is 14.7. The summed E-state index contributed by atoms with van der Waals surface area (Å²) in [5.41, 5.74) is -0.162. The topological polar surface area (TPSA) is 64.6 Å². The Hall–Kier alpha value is -1.75. The van der Waals surface area contributed by atoms with Crippen molar-refractivity contribution in [3.8, 4) is 5.75 Å². The van der Waals surface area contributed by atoms with Gasteiger partial charge in [0.1, 0.15) is 18.0 Å². The number of carbonyl (C=O) groups is 2. The Morgan fingerprint density at radius 1 is 1.45 bits per heavy atom. The minimum atomic E-state index is -1.000. The van der Waals surface area contributed by atoms with Gasteiger partial charge in [0.15, 0.2) is 5.92 Å². The lowest BCUT2D eigenvalue weighted by atomic mass is 10.1. The lowest BCUT2D eigenvalue weighted by Crippen LogP contribution is -2.37. The van der Waals surface area contributed by atoms with E-state index in [2.05, 4.69) is 5.32 Å². The predicted octanol–water partition coefficient (Wildman–Crippen LogP) is 2.63. The van der Waals surface area contributed by atoms with Crippen LogP contribution in [0.2, 0.25) is 5.02 Å². The van der Waals surface area contributed by atoms with Gasteiger partial charge in [0, 0.05) is 11.1 Å². The molecule has 5 nitrogen and oxygen atoms in total. The van der Waals surface area contributed by atoms with Crippen LogP contribution < -0.4 is 10.1 Å². The Kier molecular flexibility index (Phi) is 3.90. The first-order valence-corrected chi connectivity index (χ1v) is 6.60. The SMILES string of the molecule is CC(C)(C)OC(=O)[C@H]1COc2cc(Cl)ccc2NC1=O. The summed E-state index contributed by atoms with van der Waals surface area (Å²) in [5.74, 6) is -1.61. The second kappa shape index (κ2) is 5.32. The molecule has 0 aliphatic carbocycles. The monoisotopic (exact) mass is 297 g/mol. The van der Waals surface area contributed by atoms with Crippen LogP contribution in [0.1, 0.15) is 20.8 Å². The quantitative estimate of drug-likeness (QED) is 0.639. The highest BCUT2D eigenvalue weighted by Crippen LogP contribution is 2.31. The van der Waals surface area contributed by atoms with Gasteiger partial charge in [0.25, 0.3) is 0 Å². The average molecular weight is 298 g/mol. The van der Waals surface area contributed by atoms with Crippen molar-refractivity contribution in [3.63, 3.8) is 0 Å². The molecule has 1 aromatic carbocycles. The predicted molar refractivity (Wildman–Crippen MR) is 74.9 cm³/mol. The van der Waals surface area contributed by atoms with Gasteiger partial charge in [0.2, 0.25) is 5.91 Å². The number of amides is 1. The second-order valence-electron chi connectivity index (χ2n) is 5.53. The minimum Gasteiger partial charge on any atom is -0.490 e. The molecular weight excluding hydrogens is 282 g/mol. The Bertz CT molecular complexity index is 551. The third kappa shape index (κ3) is 3.42. The summed E-state index contributed by atoms with van der Waals surface area (Å²) in [7, 11) is 0. The van der Waals surface area contributed by atoms with Crippen LogP contribution in [-0.2, 0) is 14.3 Å². The van der Waals surface area contributed by atoms with E-state index in [0.717, 1.165) is 0 Å². The van der Waals surface area contributed by atoms with E-state index in [9.17, 15) is 9.59 Å². The van der Waals surface area contributed by atoms with E-state index < -0.39 is 23.4 Å². The minimum absolute atomic E-state index is 0.0753. The van der Waals surface area contributed by atoms with E-state index in [-0.39, 0.29) is 6.61 Å². The number of anilines is 1. The highest BCUT2D eigenvalue weighted by Gasteiger charge is 2.34.